The molecule has 0 spiro atoms. The van der Waals surface area contributed by atoms with E-state index in [1.807, 2.05) is 30.8 Å². The van der Waals surface area contributed by atoms with Crippen LogP contribution < -0.4 is 11.1 Å². The smallest absolute Gasteiger partial charge is 0.0346 e. The van der Waals surface area contributed by atoms with Crippen LogP contribution in [0.2, 0.25) is 0 Å². The SMILES string of the molecule is CCSCC(C)Nc1ccc(N)c(C)c1. The minimum Gasteiger partial charge on any atom is -0.399 e. The van der Waals surface area contributed by atoms with Crippen LogP contribution in [0.1, 0.15) is 19.4 Å². The van der Waals surface area contributed by atoms with Gasteiger partial charge in [-0.25, -0.2) is 0 Å². The number of hydrogen-bond acceptors (Lipinski definition) is 3. The van der Waals surface area contributed by atoms with Gasteiger partial charge in [-0.15, -0.1) is 0 Å². The molecule has 0 aromatic heterocycles. The summed E-state index contributed by atoms with van der Waals surface area (Å²) in [5.41, 5.74) is 8.92. The Labute approximate surface area is 96.6 Å². The van der Waals surface area contributed by atoms with E-state index in [4.69, 9.17) is 5.73 Å². The van der Waals surface area contributed by atoms with Crippen molar-refractivity contribution < 1.29 is 0 Å². The van der Waals surface area contributed by atoms with Crippen LogP contribution in [0.15, 0.2) is 18.2 Å². The average molecular weight is 224 g/mol. The molecule has 1 atom stereocenters. The molecule has 0 aliphatic heterocycles. The fourth-order valence-corrected chi connectivity index (χ4v) is 2.06. The number of benzene rings is 1. The van der Waals surface area contributed by atoms with E-state index in [2.05, 4.69) is 25.2 Å². The molecule has 0 aliphatic rings. The molecule has 0 aliphatic carbocycles. The van der Waals surface area contributed by atoms with Gasteiger partial charge in [-0.3, -0.25) is 0 Å². The lowest BCUT2D eigenvalue weighted by Gasteiger charge is -2.15. The molecule has 3 N–H and O–H groups in total. The van der Waals surface area contributed by atoms with E-state index in [9.17, 15) is 0 Å². The maximum absolute atomic E-state index is 5.77. The first kappa shape index (κ1) is 12.2. The van der Waals surface area contributed by atoms with Crippen molar-refractivity contribution in [3.05, 3.63) is 23.8 Å². The molecule has 0 radical (unpaired) electrons. The third-order valence-electron chi connectivity index (χ3n) is 2.25. The van der Waals surface area contributed by atoms with Gasteiger partial charge in [0, 0.05) is 23.2 Å². The Hall–Kier alpha value is -0.830. The Balaban J connectivity index is 2.53. The van der Waals surface area contributed by atoms with Crippen LogP contribution in [-0.4, -0.2) is 17.5 Å². The average Bonchev–Trinajstić information content (AvgIpc) is 2.20. The highest BCUT2D eigenvalue weighted by molar-refractivity contribution is 7.99. The summed E-state index contributed by atoms with van der Waals surface area (Å²) in [7, 11) is 0. The minimum absolute atomic E-state index is 0.498. The summed E-state index contributed by atoms with van der Waals surface area (Å²) >= 11 is 1.96. The number of aryl methyl sites for hydroxylation is 1. The van der Waals surface area contributed by atoms with Crippen molar-refractivity contribution in [1.29, 1.82) is 0 Å². The number of nitrogens with one attached hydrogen (secondary N) is 1. The molecule has 2 nitrogen and oxygen atoms in total. The zero-order valence-corrected chi connectivity index (χ0v) is 10.5. The van der Waals surface area contributed by atoms with Crippen molar-refractivity contribution in [2.45, 2.75) is 26.8 Å². The molecule has 0 saturated carbocycles. The summed E-state index contributed by atoms with van der Waals surface area (Å²) in [6.07, 6.45) is 0. The molecule has 0 amide bonds. The van der Waals surface area contributed by atoms with Gasteiger partial charge in [-0.05, 0) is 43.4 Å². The number of rotatable bonds is 5. The highest BCUT2D eigenvalue weighted by atomic mass is 32.2. The van der Waals surface area contributed by atoms with E-state index >= 15 is 0 Å². The van der Waals surface area contributed by atoms with Crippen LogP contribution >= 0.6 is 11.8 Å². The van der Waals surface area contributed by atoms with E-state index < -0.39 is 0 Å². The van der Waals surface area contributed by atoms with Gasteiger partial charge in [0.25, 0.3) is 0 Å². The van der Waals surface area contributed by atoms with Gasteiger partial charge >= 0.3 is 0 Å². The Morgan fingerprint density at radius 1 is 1.47 bits per heavy atom. The summed E-state index contributed by atoms with van der Waals surface area (Å²) in [4.78, 5) is 0. The van der Waals surface area contributed by atoms with Gasteiger partial charge in [-0.1, -0.05) is 6.92 Å². The number of thioether (sulfide) groups is 1. The lowest BCUT2D eigenvalue weighted by molar-refractivity contribution is 0.913. The van der Waals surface area contributed by atoms with Crippen LogP contribution in [0.4, 0.5) is 11.4 Å². The first-order valence-electron chi connectivity index (χ1n) is 5.34. The zero-order chi connectivity index (χ0) is 11.3. The van der Waals surface area contributed by atoms with Crippen molar-refractivity contribution in [3.8, 4) is 0 Å². The Morgan fingerprint density at radius 3 is 2.80 bits per heavy atom. The first-order chi connectivity index (χ1) is 7.13. The van der Waals surface area contributed by atoms with Crippen LogP contribution in [0.3, 0.4) is 0 Å². The van der Waals surface area contributed by atoms with Crippen molar-refractivity contribution in [2.24, 2.45) is 0 Å². The summed E-state index contributed by atoms with van der Waals surface area (Å²) in [6.45, 7) is 6.42. The molecule has 1 unspecified atom stereocenters. The summed E-state index contributed by atoms with van der Waals surface area (Å²) < 4.78 is 0. The first-order valence-corrected chi connectivity index (χ1v) is 6.49. The van der Waals surface area contributed by atoms with Crippen molar-refractivity contribution >= 4 is 23.1 Å². The van der Waals surface area contributed by atoms with Crippen LogP contribution in [0.25, 0.3) is 0 Å². The monoisotopic (exact) mass is 224 g/mol. The Kier molecular flexibility index (Phi) is 4.82. The number of anilines is 2. The van der Waals surface area contributed by atoms with E-state index in [0.29, 0.717) is 6.04 Å². The number of hydrogen-bond donors (Lipinski definition) is 2. The van der Waals surface area contributed by atoms with Gasteiger partial charge in [0.05, 0.1) is 0 Å². The normalized spacial score (nSPS) is 12.5. The van der Waals surface area contributed by atoms with E-state index in [1.54, 1.807) is 0 Å². The summed E-state index contributed by atoms with van der Waals surface area (Å²) in [5.74, 6) is 2.31. The molecule has 15 heavy (non-hydrogen) atoms. The molecule has 0 fully saturated rings. The Bertz CT molecular complexity index is 312. The minimum atomic E-state index is 0.498. The fraction of sp³-hybridized carbons (Fsp3) is 0.500. The largest absolute Gasteiger partial charge is 0.399 e. The van der Waals surface area contributed by atoms with Gasteiger partial charge in [-0.2, -0.15) is 11.8 Å². The highest BCUT2D eigenvalue weighted by Gasteiger charge is 2.02. The fourth-order valence-electron chi connectivity index (χ4n) is 1.39. The predicted molar refractivity (Wildman–Crippen MR) is 71.7 cm³/mol. The summed E-state index contributed by atoms with van der Waals surface area (Å²) in [5, 5.41) is 3.47. The van der Waals surface area contributed by atoms with Crippen molar-refractivity contribution in [3.63, 3.8) is 0 Å². The van der Waals surface area contributed by atoms with Gasteiger partial charge in [0.1, 0.15) is 0 Å². The molecule has 0 saturated heterocycles. The van der Waals surface area contributed by atoms with Crippen molar-refractivity contribution in [1.82, 2.24) is 0 Å². The standard InChI is InChI=1S/C12H20N2S/c1-4-15-8-10(3)14-11-5-6-12(13)9(2)7-11/h5-7,10,14H,4,8,13H2,1-3H3. The second-order valence-electron chi connectivity index (χ2n) is 3.78. The van der Waals surface area contributed by atoms with Crippen LogP contribution in [0, 0.1) is 6.92 Å². The van der Waals surface area contributed by atoms with E-state index in [1.165, 1.54) is 5.75 Å². The molecule has 3 heteroatoms. The molecular formula is C12H20N2S. The Morgan fingerprint density at radius 2 is 2.20 bits per heavy atom. The van der Waals surface area contributed by atoms with Crippen LogP contribution in [-0.2, 0) is 0 Å². The number of nitrogens with two attached hydrogens (primary N) is 1. The molecule has 1 aromatic rings. The maximum Gasteiger partial charge on any atom is 0.0346 e. The molecule has 1 rings (SSSR count). The predicted octanol–water partition coefficient (Wildman–Crippen LogP) is 3.13. The lowest BCUT2D eigenvalue weighted by atomic mass is 10.2. The van der Waals surface area contributed by atoms with E-state index in [0.717, 1.165) is 22.7 Å². The molecule has 0 heterocycles. The zero-order valence-electron chi connectivity index (χ0n) is 9.71. The van der Waals surface area contributed by atoms with Crippen LogP contribution in [0.5, 0.6) is 0 Å². The quantitative estimate of drug-likeness (QED) is 0.755. The van der Waals surface area contributed by atoms with Gasteiger partial charge in [0.2, 0.25) is 0 Å². The van der Waals surface area contributed by atoms with Crippen molar-refractivity contribution in [2.75, 3.05) is 22.6 Å². The molecule has 0 bridgehead atoms. The third kappa shape index (κ3) is 4.04. The third-order valence-corrected chi connectivity index (χ3v) is 3.40. The number of nitrogen functional groups attached to an aromatic ring is 1. The topological polar surface area (TPSA) is 38.0 Å². The lowest BCUT2D eigenvalue weighted by Crippen LogP contribution is -2.18. The second kappa shape index (κ2) is 5.91. The second-order valence-corrected chi connectivity index (χ2v) is 5.10. The maximum atomic E-state index is 5.77. The summed E-state index contributed by atoms with van der Waals surface area (Å²) in [6, 6.07) is 6.59. The molecule has 84 valence electrons. The molecular weight excluding hydrogens is 204 g/mol. The van der Waals surface area contributed by atoms with Gasteiger partial charge in [0.15, 0.2) is 0 Å². The molecule has 1 aromatic carbocycles. The van der Waals surface area contributed by atoms with E-state index in [-0.39, 0.29) is 0 Å². The highest BCUT2D eigenvalue weighted by Crippen LogP contribution is 2.18. The van der Waals surface area contributed by atoms with Gasteiger partial charge < -0.3 is 11.1 Å².